The predicted octanol–water partition coefficient (Wildman–Crippen LogP) is 2.18. The molecule has 0 saturated carbocycles. The maximum absolute atomic E-state index is 13.4. The Balaban J connectivity index is 1.76. The largest absolute Gasteiger partial charge is 0.384 e. The van der Waals surface area contributed by atoms with Crippen molar-refractivity contribution in [3.63, 3.8) is 0 Å². The van der Waals surface area contributed by atoms with Crippen LogP contribution >= 0.6 is 0 Å². The Morgan fingerprint density at radius 3 is 2.42 bits per heavy atom. The molecule has 0 spiro atoms. The van der Waals surface area contributed by atoms with Crippen molar-refractivity contribution in [1.82, 2.24) is 10.6 Å². The van der Waals surface area contributed by atoms with Crippen molar-refractivity contribution in [3.05, 3.63) is 35.4 Å². The van der Waals surface area contributed by atoms with E-state index in [-0.39, 0.29) is 11.3 Å². The van der Waals surface area contributed by atoms with E-state index in [2.05, 4.69) is 41.8 Å². The zero-order valence-electron chi connectivity index (χ0n) is 16.1. The van der Waals surface area contributed by atoms with Crippen molar-refractivity contribution in [2.45, 2.75) is 38.0 Å². The van der Waals surface area contributed by atoms with E-state index in [1.807, 2.05) is 0 Å². The lowest BCUT2D eigenvalue weighted by atomic mass is 9.72. The van der Waals surface area contributed by atoms with Gasteiger partial charge in [-0.15, -0.1) is 0 Å². The van der Waals surface area contributed by atoms with Crippen LogP contribution in [0, 0.1) is 12.3 Å². The molecule has 144 valence electrons. The van der Waals surface area contributed by atoms with Crippen molar-refractivity contribution in [2.24, 2.45) is 5.41 Å². The molecule has 2 heterocycles. The van der Waals surface area contributed by atoms with Gasteiger partial charge >= 0.3 is 0 Å². The van der Waals surface area contributed by atoms with Crippen molar-refractivity contribution in [1.29, 1.82) is 0 Å². The second kappa shape index (κ2) is 8.51. The SMILES string of the molecule is COCC1(CNC(=O)C2(c3ccc(C)cc3)CCOCC2)CCNCC1. The van der Waals surface area contributed by atoms with Crippen molar-refractivity contribution < 1.29 is 14.3 Å². The molecule has 0 aromatic heterocycles. The number of piperidine rings is 1. The van der Waals surface area contributed by atoms with Crippen LogP contribution in [-0.4, -0.2) is 52.5 Å². The lowest BCUT2D eigenvalue weighted by Crippen LogP contribution is -2.53. The number of nitrogens with one attached hydrogen (secondary N) is 2. The Labute approximate surface area is 156 Å². The number of benzene rings is 1. The number of ether oxygens (including phenoxy) is 2. The van der Waals surface area contributed by atoms with E-state index < -0.39 is 5.41 Å². The number of aryl methyl sites for hydroxylation is 1. The Kier molecular flexibility index (Phi) is 6.33. The summed E-state index contributed by atoms with van der Waals surface area (Å²) in [6.45, 7) is 6.67. The van der Waals surface area contributed by atoms with Gasteiger partial charge in [-0.25, -0.2) is 0 Å². The number of methoxy groups -OCH3 is 1. The second-order valence-electron chi connectivity index (χ2n) is 7.93. The standard InChI is InChI=1S/C21H32N2O3/c1-17-3-5-18(6-4-17)21(9-13-26-14-10-21)19(24)23-15-20(16-25-2)7-11-22-12-8-20/h3-6,22H,7-16H2,1-2H3,(H,23,24). The lowest BCUT2D eigenvalue weighted by Gasteiger charge is -2.40. The molecule has 2 aliphatic heterocycles. The van der Waals surface area contributed by atoms with Crippen LogP contribution in [0.15, 0.2) is 24.3 Å². The van der Waals surface area contributed by atoms with Gasteiger partial charge in [0.05, 0.1) is 12.0 Å². The molecule has 5 nitrogen and oxygen atoms in total. The molecule has 0 atom stereocenters. The van der Waals surface area contributed by atoms with Gasteiger partial charge in [0.1, 0.15) is 0 Å². The smallest absolute Gasteiger partial charge is 0.230 e. The highest BCUT2D eigenvalue weighted by Crippen LogP contribution is 2.36. The summed E-state index contributed by atoms with van der Waals surface area (Å²) in [6, 6.07) is 8.41. The molecular weight excluding hydrogens is 328 g/mol. The number of hydrogen-bond acceptors (Lipinski definition) is 4. The summed E-state index contributed by atoms with van der Waals surface area (Å²) in [5.74, 6) is 0.138. The molecule has 2 saturated heterocycles. The fourth-order valence-electron chi connectivity index (χ4n) is 4.31. The summed E-state index contributed by atoms with van der Waals surface area (Å²) in [4.78, 5) is 13.4. The third kappa shape index (κ3) is 4.11. The van der Waals surface area contributed by atoms with Crippen LogP contribution in [0.5, 0.6) is 0 Å². The van der Waals surface area contributed by atoms with Crippen LogP contribution in [0.25, 0.3) is 0 Å². The molecule has 3 rings (SSSR count). The number of hydrogen-bond donors (Lipinski definition) is 2. The molecule has 0 unspecified atom stereocenters. The summed E-state index contributed by atoms with van der Waals surface area (Å²) >= 11 is 0. The summed E-state index contributed by atoms with van der Waals surface area (Å²) in [6.07, 6.45) is 3.53. The average Bonchev–Trinajstić information content (AvgIpc) is 2.68. The minimum Gasteiger partial charge on any atom is -0.384 e. The van der Waals surface area contributed by atoms with E-state index in [0.29, 0.717) is 26.4 Å². The molecule has 5 heteroatoms. The molecule has 1 aromatic carbocycles. The van der Waals surface area contributed by atoms with Crippen LogP contribution in [0.3, 0.4) is 0 Å². The average molecular weight is 360 g/mol. The van der Waals surface area contributed by atoms with E-state index in [9.17, 15) is 4.79 Å². The molecule has 26 heavy (non-hydrogen) atoms. The molecular formula is C21H32N2O3. The fraction of sp³-hybridized carbons (Fsp3) is 0.667. The lowest BCUT2D eigenvalue weighted by molar-refractivity contribution is -0.131. The van der Waals surface area contributed by atoms with Crippen LogP contribution in [0.1, 0.15) is 36.8 Å². The molecule has 1 aromatic rings. The van der Waals surface area contributed by atoms with Gasteiger partial charge in [0.2, 0.25) is 5.91 Å². The topological polar surface area (TPSA) is 59.6 Å². The monoisotopic (exact) mass is 360 g/mol. The van der Waals surface area contributed by atoms with Gasteiger partial charge in [-0.1, -0.05) is 29.8 Å². The molecule has 2 aliphatic rings. The zero-order chi connectivity index (χ0) is 18.5. The van der Waals surface area contributed by atoms with E-state index in [1.54, 1.807) is 7.11 Å². The highest BCUT2D eigenvalue weighted by atomic mass is 16.5. The highest BCUT2D eigenvalue weighted by Gasteiger charge is 2.43. The normalized spacial score (nSPS) is 21.9. The van der Waals surface area contributed by atoms with E-state index in [0.717, 1.165) is 44.3 Å². The molecule has 0 bridgehead atoms. The zero-order valence-corrected chi connectivity index (χ0v) is 16.1. The van der Waals surface area contributed by atoms with Crippen LogP contribution in [0.2, 0.25) is 0 Å². The van der Waals surface area contributed by atoms with Crippen molar-refractivity contribution >= 4 is 5.91 Å². The van der Waals surface area contributed by atoms with Gasteiger partial charge in [0.25, 0.3) is 0 Å². The number of rotatable bonds is 6. The minimum atomic E-state index is -0.479. The molecule has 2 N–H and O–H groups in total. The Morgan fingerprint density at radius 2 is 1.81 bits per heavy atom. The Hall–Kier alpha value is -1.43. The molecule has 0 radical (unpaired) electrons. The maximum Gasteiger partial charge on any atom is 0.230 e. The molecule has 2 fully saturated rings. The quantitative estimate of drug-likeness (QED) is 0.816. The number of amides is 1. The fourth-order valence-corrected chi connectivity index (χ4v) is 4.31. The van der Waals surface area contributed by atoms with E-state index in [1.165, 1.54) is 5.56 Å². The first-order valence-corrected chi connectivity index (χ1v) is 9.73. The van der Waals surface area contributed by atoms with E-state index in [4.69, 9.17) is 9.47 Å². The summed E-state index contributed by atoms with van der Waals surface area (Å²) in [5, 5.41) is 6.70. The third-order valence-electron chi connectivity index (χ3n) is 6.12. The van der Waals surface area contributed by atoms with Gasteiger partial charge in [0, 0.05) is 32.3 Å². The first-order chi connectivity index (χ1) is 12.6. The summed E-state index contributed by atoms with van der Waals surface area (Å²) < 4.78 is 11.1. The number of carbonyl (C=O) groups excluding carboxylic acids is 1. The van der Waals surface area contributed by atoms with Gasteiger partial charge in [-0.2, -0.15) is 0 Å². The van der Waals surface area contributed by atoms with Crippen molar-refractivity contribution in [2.75, 3.05) is 46.6 Å². The first-order valence-electron chi connectivity index (χ1n) is 9.73. The van der Waals surface area contributed by atoms with Crippen molar-refractivity contribution in [3.8, 4) is 0 Å². The molecule has 1 amide bonds. The molecule has 0 aliphatic carbocycles. The van der Waals surface area contributed by atoms with Crippen LogP contribution in [0.4, 0.5) is 0 Å². The Bertz CT molecular complexity index is 582. The highest BCUT2D eigenvalue weighted by molar-refractivity contribution is 5.88. The second-order valence-corrected chi connectivity index (χ2v) is 7.93. The third-order valence-corrected chi connectivity index (χ3v) is 6.12. The minimum absolute atomic E-state index is 0.0370. The predicted molar refractivity (Wildman–Crippen MR) is 102 cm³/mol. The van der Waals surface area contributed by atoms with Gasteiger partial charge in [0.15, 0.2) is 0 Å². The van der Waals surface area contributed by atoms with Crippen LogP contribution < -0.4 is 10.6 Å². The van der Waals surface area contributed by atoms with Gasteiger partial charge in [-0.3, -0.25) is 4.79 Å². The van der Waals surface area contributed by atoms with Gasteiger partial charge < -0.3 is 20.1 Å². The number of carbonyl (C=O) groups is 1. The van der Waals surface area contributed by atoms with E-state index >= 15 is 0 Å². The summed E-state index contributed by atoms with van der Waals surface area (Å²) in [5.41, 5.74) is 1.88. The van der Waals surface area contributed by atoms with Crippen LogP contribution in [-0.2, 0) is 19.7 Å². The van der Waals surface area contributed by atoms with Gasteiger partial charge in [-0.05, 0) is 51.3 Å². The first kappa shape index (κ1) is 19.3. The summed E-state index contributed by atoms with van der Waals surface area (Å²) in [7, 11) is 1.75. The Morgan fingerprint density at radius 1 is 1.15 bits per heavy atom. The maximum atomic E-state index is 13.4.